The Morgan fingerprint density at radius 2 is 2.06 bits per heavy atom. The van der Waals surface area contributed by atoms with Crippen molar-refractivity contribution in [3.63, 3.8) is 0 Å². The van der Waals surface area contributed by atoms with E-state index in [0.717, 1.165) is 0 Å². The van der Waals surface area contributed by atoms with Gasteiger partial charge in [0.2, 0.25) is 5.91 Å². The Bertz CT molecular complexity index is 894. The molecular weight excluding hydrogens is 424 g/mol. The van der Waals surface area contributed by atoms with Crippen molar-refractivity contribution in [1.82, 2.24) is 20.3 Å². The molecule has 0 radical (unpaired) electrons. The van der Waals surface area contributed by atoms with Gasteiger partial charge in [-0.1, -0.05) is 11.3 Å². The lowest BCUT2D eigenvalue weighted by atomic mass is 9.95. The van der Waals surface area contributed by atoms with Gasteiger partial charge in [-0.25, -0.2) is 4.68 Å². The first-order valence-corrected chi connectivity index (χ1v) is 9.98. The minimum Gasteiger partial charge on any atom is -0.497 e. The third-order valence-corrected chi connectivity index (χ3v) is 4.90. The molecule has 3 rings (SSSR count). The second kappa shape index (κ2) is 10.8. The van der Waals surface area contributed by atoms with Crippen LogP contribution in [0.3, 0.4) is 0 Å². The summed E-state index contributed by atoms with van der Waals surface area (Å²) in [6.45, 7) is 1.11. The van der Waals surface area contributed by atoms with Crippen molar-refractivity contribution in [2.24, 2.45) is 0 Å². The molecule has 0 spiro atoms. The summed E-state index contributed by atoms with van der Waals surface area (Å²) in [7, 11) is 2.98. The van der Waals surface area contributed by atoms with Gasteiger partial charge in [0.15, 0.2) is 6.29 Å². The van der Waals surface area contributed by atoms with Crippen LogP contribution in [0.25, 0.3) is 5.69 Å². The SMILES string of the molecule is COCC(O)COC1OC(c2cn(-c3cccc(OC)c3)nn2)C(O)C(O)C1NC(C)=O. The fourth-order valence-corrected chi connectivity index (χ4v) is 3.37. The average Bonchev–Trinajstić information content (AvgIpc) is 3.26. The standard InChI is InChI=1S/C20H28N4O8/c1-11(25)21-16-17(27)18(28)19(32-20(16)31-10-13(26)9-29-2)15-8-24(23-22-15)12-5-4-6-14(7-12)30-3/h4-8,13,16-20,26-28H,9-10H2,1-3H3,(H,21,25). The number of carbonyl (C=O) groups is 1. The maximum Gasteiger partial charge on any atom is 0.217 e. The number of ether oxygens (including phenoxy) is 4. The highest BCUT2D eigenvalue weighted by Crippen LogP contribution is 2.32. The monoisotopic (exact) mass is 452 g/mol. The van der Waals surface area contributed by atoms with Crippen LogP contribution < -0.4 is 10.1 Å². The van der Waals surface area contributed by atoms with E-state index in [4.69, 9.17) is 18.9 Å². The smallest absolute Gasteiger partial charge is 0.217 e. The molecule has 1 aromatic heterocycles. The number of aliphatic hydroxyl groups is 3. The molecule has 176 valence electrons. The molecule has 0 bridgehead atoms. The molecule has 32 heavy (non-hydrogen) atoms. The second-order valence-corrected chi connectivity index (χ2v) is 7.36. The van der Waals surface area contributed by atoms with Crippen molar-refractivity contribution >= 4 is 5.91 Å². The predicted molar refractivity (Wildman–Crippen MR) is 109 cm³/mol. The van der Waals surface area contributed by atoms with Crippen LogP contribution in [0.2, 0.25) is 0 Å². The van der Waals surface area contributed by atoms with Crippen molar-refractivity contribution in [1.29, 1.82) is 0 Å². The zero-order valence-electron chi connectivity index (χ0n) is 18.0. The number of aliphatic hydroxyl groups excluding tert-OH is 3. The molecule has 0 saturated carbocycles. The maximum atomic E-state index is 11.6. The van der Waals surface area contributed by atoms with Crippen LogP contribution in [0.5, 0.6) is 5.75 Å². The second-order valence-electron chi connectivity index (χ2n) is 7.36. The van der Waals surface area contributed by atoms with E-state index in [9.17, 15) is 20.1 Å². The number of benzene rings is 1. The van der Waals surface area contributed by atoms with Crippen molar-refractivity contribution < 1.29 is 39.1 Å². The van der Waals surface area contributed by atoms with Crippen LogP contribution in [0.1, 0.15) is 18.7 Å². The summed E-state index contributed by atoms with van der Waals surface area (Å²) in [6.07, 6.45) is -4.52. The van der Waals surface area contributed by atoms with Crippen LogP contribution in [0.4, 0.5) is 0 Å². The van der Waals surface area contributed by atoms with E-state index in [1.54, 1.807) is 37.6 Å². The summed E-state index contributed by atoms with van der Waals surface area (Å²) in [6, 6.07) is 6.05. The van der Waals surface area contributed by atoms with E-state index in [2.05, 4.69) is 15.6 Å². The lowest BCUT2D eigenvalue weighted by Gasteiger charge is -2.42. The highest BCUT2D eigenvalue weighted by atomic mass is 16.7. The minimum absolute atomic E-state index is 0.0288. The highest BCUT2D eigenvalue weighted by Gasteiger charge is 2.47. The van der Waals surface area contributed by atoms with Crippen LogP contribution in [-0.2, 0) is 19.0 Å². The summed E-state index contributed by atoms with van der Waals surface area (Å²) in [4.78, 5) is 11.6. The number of rotatable bonds is 9. The molecule has 1 aromatic carbocycles. The normalized spacial score (nSPS) is 26.5. The van der Waals surface area contributed by atoms with Gasteiger partial charge >= 0.3 is 0 Å². The molecule has 1 fully saturated rings. The van der Waals surface area contributed by atoms with Crippen molar-refractivity contribution in [2.75, 3.05) is 27.4 Å². The van der Waals surface area contributed by atoms with Crippen LogP contribution in [0, 0.1) is 0 Å². The number of aromatic nitrogens is 3. The lowest BCUT2D eigenvalue weighted by molar-refractivity contribution is -0.273. The average molecular weight is 452 g/mol. The van der Waals surface area contributed by atoms with E-state index in [-0.39, 0.29) is 18.9 Å². The van der Waals surface area contributed by atoms with Crippen LogP contribution >= 0.6 is 0 Å². The Morgan fingerprint density at radius 1 is 1.28 bits per heavy atom. The molecular formula is C20H28N4O8. The van der Waals surface area contributed by atoms with E-state index in [0.29, 0.717) is 11.4 Å². The number of amides is 1. The molecule has 4 N–H and O–H groups in total. The largest absolute Gasteiger partial charge is 0.497 e. The molecule has 12 heteroatoms. The fourth-order valence-electron chi connectivity index (χ4n) is 3.37. The zero-order valence-corrected chi connectivity index (χ0v) is 18.0. The molecule has 12 nitrogen and oxygen atoms in total. The quantitative estimate of drug-likeness (QED) is 0.369. The Hall–Kier alpha value is -2.61. The van der Waals surface area contributed by atoms with E-state index >= 15 is 0 Å². The molecule has 1 amide bonds. The molecule has 2 heterocycles. The number of hydrogen-bond donors (Lipinski definition) is 4. The molecule has 1 saturated heterocycles. The van der Waals surface area contributed by atoms with Crippen LogP contribution in [0.15, 0.2) is 30.5 Å². The predicted octanol–water partition coefficient (Wildman–Crippen LogP) is -1.08. The summed E-state index contributed by atoms with van der Waals surface area (Å²) in [5.74, 6) is 0.184. The van der Waals surface area contributed by atoms with Crippen molar-refractivity contribution in [3.8, 4) is 11.4 Å². The van der Waals surface area contributed by atoms with Crippen LogP contribution in [-0.4, -0.2) is 94.3 Å². The van der Waals surface area contributed by atoms with Gasteiger partial charge in [0.25, 0.3) is 0 Å². The molecule has 0 aliphatic carbocycles. The number of nitrogens with zero attached hydrogens (tertiary/aromatic N) is 3. The van der Waals surface area contributed by atoms with Gasteiger partial charge in [0, 0.05) is 20.1 Å². The Labute approximate surface area is 184 Å². The summed E-state index contributed by atoms with van der Waals surface area (Å²) >= 11 is 0. The first-order chi connectivity index (χ1) is 15.3. The van der Waals surface area contributed by atoms with E-state index < -0.39 is 42.7 Å². The molecule has 1 aliphatic heterocycles. The highest BCUT2D eigenvalue weighted by molar-refractivity contribution is 5.73. The Kier molecular flexibility index (Phi) is 8.12. The number of nitrogens with one attached hydrogen (secondary N) is 1. The number of hydrogen-bond acceptors (Lipinski definition) is 10. The zero-order chi connectivity index (χ0) is 23.3. The molecule has 2 aromatic rings. The third-order valence-electron chi connectivity index (χ3n) is 4.90. The van der Waals surface area contributed by atoms with Crippen molar-refractivity contribution in [3.05, 3.63) is 36.2 Å². The van der Waals surface area contributed by atoms with Gasteiger partial charge in [-0.3, -0.25) is 4.79 Å². The lowest BCUT2D eigenvalue weighted by Crippen LogP contribution is -2.62. The Morgan fingerprint density at radius 3 is 2.75 bits per heavy atom. The maximum absolute atomic E-state index is 11.6. The number of carbonyl (C=O) groups excluding carboxylic acids is 1. The number of methoxy groups -OCH3 is 2. The van der Waals surface area contributed by atoms with Gasteiger partial charge < -0.3 is 39.6 Å². The summed E-state index contributed by atoms with van der Waals surface area (Å²) in [5, 5.41) is 41.9. The first kappa shape index (κ1) is 24.0. The molecule has 1 aliphatic rings. The summed E-state index contributed by atoms with van der Waals surface area (Å²) < 4.78 is 23.0. The Balaban J connectivity index is 1.81. The van der Waals surface area contributed by atoms with Gasteiger partial charge in [-0.2, -0.15) is 0 Å². The molecule has 6 unspecified atom stereocenters. The molecule has 6 atom stereocenters. The fraction of sp³-hybridized carbons (Fsp3) is 0.550. The van der Waals surface area contributed by atoms with Gasteiger partial charge in [-0.05, 0) is 12.1 Å². The van der Waals surface area contributed by atoms with Gasteiger partial charge in [0.05, 0.1) is 32.2 Å². The van der Waals surface area contributed by atoms with Gasteiger partial charge in [0.1, 0.15) is 41.9 Å². The van der Waals surface area contributed by atoms with Crippen molar-refractivity contribution in [2.45, 2.75) is 43.7 Å². The summed E-state index contributed by atoms with van der Waals surface area (Å²) in [5.41, 5.74) is 0.909. The van der Waals surface area contributed by atoms with E-state index in [1.165, 1.54) is 18.7 Å². The topological polar surface area (TPSA) is 157 Å². The van der Waals surface area contributed by atoms with E-state index in [1.807, 2.05) is 0 Å². The van der Waals surface area contributed by atoms with Gasteiger partial charge in [-0.15, -0.1) is 5.10 Å². The first-order valence-electron chi connectivity index (χ1n) is 9.98. The third kappa shape index (κ3) is 5.59. The minimum atomic E-state index is -1.43.